The molecule has 9 nitrogen and oxygen atoms in total. The molecular formula is C22H18F3N7O2. The Hall–Kier alpha value is -4.24. The van der Waals surface area contributed by atoms with Gasteiger partial charge >= 0.3 is 6.18 Å². The second-order valence-electron chi connectivity index (χ2n) is 7.48. The molecule has 1 atom stereocenters. The molecule has 0 aliphatic carbocycles. The van der Waals surface area contributed by atoms with E-state index in [4.69, 9.17) is 10.00 Å². The predicted octanol–water partition coefficient (Wildman–Crippen LogP) is 3.86. The summed E-state index contributed by atoms with van der Waals surface area (Å²) in [6, 6.07) is 7.71. The van der Waals surface area contributed by atoms with Crippen LogP contribution in [0, 0.1) is 18.3 Å². The Morgan fingerprint density at radius 1 is 1.21 bits per heavy atom. The van der Waals surface area contributed by atoms with Gasteiger partial charge in [0.05, 0.1) is 12.0 Å². The number of anilines is 2. The number of nitrogens with one attached hydrogen (secondary N) is 1. The van der Waals surface area contributed by atoms with E-state index in [2.05, 4.69) is 25.3 Å². The minimum Gasteiger partial charge on any atom is -0.473 e. The Labute approximate surface area is 191 Å². The smallest absolute Gasteiger partial charge is 0.418 e. The van der Waals surface area contributed by atoms with Gasteiger partial charge in [0, 0.05) is 36.6 Å². The number of hydrogen-bond acceptors (Lipinski definition) is 8. The Balaban J connectivity index is 1.59. The summed E-state index contributed by atoms with van der Waals surface area (Å²) in [5, 5.41) is 21.3. The molecular weight excluding hydrogens is 451 g/mol. The molecule has 4 aromatic rings. The molecule has 12 heteroatoms. The topological polar surface area (TPSA) is 122 Å². The van der Waals surface area contributed by atoms with Crippen molar-refractivity contribution in [1.29, 1.82) is 5.26 Å². The van der Waals surface area contributed by atoms with E-state index >= 15 is 0 Å². The number of halogens is 3. The molecule has 174 valence electrons. The molecule has 0 saturated carbocycles. The highest BCUT2D eigenvalue weighted by Gasteiger charge is 2.39. The van der Waals surface area contributed by atoms with Crippen molar-refractivity contribution in [3.63, 3.8) is 0 Å². The van der Waals surface area contributed by atoms with Gasteiger partial charge in [-0.3, -0.25) is 0 Å². The number of nitrogens with zero attached hydrogens (tertiary/aromatic N) is 6. The van der Waals surface area contributed by atoms with Gasteiger partial charge in [-0.15, -0.1) is 0 Å². The van der Waals surface area contributed by atoms with E-state index in [1.165, 1.54) is 6.07 Å². The summed E-state index contributed by atoms with van der Waals surface area (Å²) >= 11 is 0. The summed E-state index contributed by atoms with van der Waals surface area (Å²) in [7, 11) is 1.76. The lowest BCUT2D eigenvalue weighted by atomic mass is 10.1. The Morgan fingerprint density at radius 2 is 2.00 bits per heavy atom. The van der Waals surface area contributed by atoms with Gasteiger partial charge < -0.3 is 19.7 Å². The third-order valence-corrected chi connectivity index (χ3v) is 5.03. The monoisotopic (exact) mass is 469 g/mol. The van der Waals surface area contributed by atoms with Crippen LogP contribution in [0.2, 0.25) is 0 Å². The van der Waals surface area contributed by atoms with Crippen molar-refractivity contribution in [2.24, 2.45) is 7.05 Å². The summed E-state index contributed by atoms with van der Waals surface area (Å²) in [6.45, 7) is 2.00. The molecule has 0 saturated heterocycles. The van der Waals surface area contributed by atoms with Crippen molar-refractivity contribution >= 4 is 22.7 Å². The molecule has 0 aliphatic heterocycles. The fourth-order valence-electron chi connectivity index (χ4n) is 3.16. The zero-order chi connectivity index (χ0) is 24.5. The maximum atomic E-state index is 12.7. The number of pyridine rings is 3. The SMILES string of the molecule is Cc1cc(C#N)ncc1COc1cc(Nc2ccc(C(O)C(F)(F)F)cn2)c2ncn(C)c2n1. The molecule has 4 heterocycles. The van der Waals surface area contributed by atoms with Gasteiger partial charge in [-0.05, 0) is 24.6 Å². The second-order valence-corrected chi connectivity index (χ2v) is 7.48. The lowest BCUT2D eigenvalue weighted by Crippen LogP contribution is -2.20. The average molecular weight is 469 g/mol. The number of alkyl halides is 3. The third kappa shape index (κ3) is 4.74. The Morgan fingerprint density at radius 3 is 2.65 bits per heavy atom. The van der Waals surface area contributed by atoms with Crippen molar-refractivity contribution in [2.75, 3.05) is 5.32 Å². The Bertz CT molecular complexity index is 1380. The van der Waals surface area contributed by atoms with E-state index in [1.807, 2.05) is 13.0 Å². The predicted molar refractivity (Wildman–Crippen MR) is 115 cm³/mol. The standard InChI is InChI=1S/C22H18F3N7O2/c1-12-5-15(7-26)27-9-14(12)10-34-18-6-16(19-21(31-18)32(2)11-29-19)30-17-4-3-13(8-28-17)20(33)22(23,24)25/h3-6,8-9,11,20,33H,10H2,1-2H3,(H,28,30,31). The fraction of sp³-hybridized carbons (Fsp3) is 0.227. The highest BCUT2D eigenvalue weighted by molar-refractivity contribution is 5.88. The number of ether oxygens (including phenoxy) is 1. The van der Waals surface area contributed by atoms with Crippen LogP contribution in [0.25, 0.3) is 11.2 Å². The zero-order valence-corrected chi connectivity index (χ0v) is 18.0. The van der Waals surface area contributed by atoms with E-state index in [0.717, 1.165) is 23.4 Å². The number of aromatic nitrogens is 5. The van der Waals surface area contributed by atoms with Gasteiger partial charge in [0.1, 0.15) is 29.7 Å². The van der Waals surface area contributed by atoms with Crippen molar-refractivity contribution in [3.05, 3.63) is 65.4 Å². The number of aliphatic hydroxyl groups is 1. The van der Waals surface area contributed by atoms with E-state index in [0.29, 0.717) is 22.5 Å². The summed E-state index contributed by atoms with van der Waals surface area (Å²) < 4.78 is 45.7. The molecule has 1 unspecified atom stereocenters. The van der Waals surface area contributed by atoms with Gasteiger partial charge in [0.25, 0.3) is 0 Å². The van der Waals surface area contributed by atoms with Gasteiger partial charge in [0.2, 0.25) is 5.88 Å². The molecule has 0 radical (unpaired) electrons. The number of nitriles is 1. The number of hydrogen-bond donors (Lipinski definition) is 2. The van der Waals surface area contributed by atoms with Crippen molar-refractivity contribution in [1.82, 2.24) is 24.5 Å². The number of aryl methyl sites for hydroxylation is 2. The molecule has 0 amide bonds. The quantitative estimate of drug-likeness (QED) is 0.437. The summed E-state index contributed by atoms with van der Waals surface area (Å²) in [4.78, 5) is 16.8. The van der Waals surface area contributed by atoms with Gasteiger partial charge in [-0.1, -0.05) is 6.07 Å². The van der Waals surface area contributed by atoms with E-state index < -0.39 is 12.3 Å². The second kappa shape index (κ2) is 8.95. The number of fused-ring (bicyclic) bond motifs is 1. The van der Waals surface area contributed by atoms with Crippen LogP contribution in [-0.4, -0.2) is 35.8 Å². The summed E-state index contributed by atoms with van der Waals surface area (Å²) in [5.41, 5.74) is 3.06. The average Bonchev–Trinajstić information content (AvgIpc) is 3.18. The molecule has 0 aromatic carbocycles. The molecule has 2 N–H and O–H groups in total. The summed E-state index contributed by atoms with van der Waals surface area (Å²) in [5.74, 6) is 0.515. The lowest BCUT2D eigenvalue weighted by Gasteiger charge is -2.15. The maximum Gasteiger partial charge on any atom is 0.418 e. The van der Waals surface area contributed by atoms with Crippen LogP contribution >= 0.6 is 0 Å². The van der Waals surface area contributed by atoms with Crippen LogP contribution in [0.1, 0.15) is 28.5 Å². The van der Waals surface area contributed by atoms with Crippen LogP contribution in [0.5, 0.6) is 5.88 Å². The first-order valence-electron chi connectivity index (χ1n) is 9.94. The molecule has 0 spiro atoms. The van der Waals surface area contributed by atoms with E-state index in [-0.39, 0.29) is 23.9 Å². The highest BCUT2D eigenvalue weighted by Crippen LogP contribution is 2.33. The van der Waals surface area contributed by atoms with Crippen molar-refractivity contribution in [3.8, 4) is 11.9 Å². The number of imidazole rings is 1. The van der Waals surface area contributed by atoms with Crippen LogP contribution in [0.3, 0.4) is 0 Å². The van der Waals surface area contributed by atoms with Gasteiger partial charge in [-0.25, -0.2) is 15.0 Å². The first-order chi connectivity index (χ1) is 16.2. The highest BCUT2D eigenvalue weighted by atomic mass is 19.4. The number of aliphatic hydroxyl groups excluding tert-OH is 1. The molecule has 34 heavy (non-hydrogen) atoms. The lowest BCUT2D eigenvalue weighted by molar-refractivity contribution is -0.206. The largest absolute Gasteiger partial charge is 0.473 e. The molecule has 4 aromatic heterocycles. The van der Waals surface area contributed by atoms with Crippen LogP contribution in [-0.2, 0) is 13.7 Å². The minimum absolute atomic E-state index is 0.155. The van der Waals surface area contributed by atoms with Crippen molar-refractivity contribution in [2.45, 2.75) is 25.8 Å². The fourth-order valence-corrected chi connectivity index (χ4v) is 3.16. The minimum atomic E-state index is -4.78. The van der Waals surface area contributed by atoms with Crippen LogP contribution in [0.15, 0.2) is 43.0 Å². The van der Waals surface area contributed by atoms with Crippen LogP contribution in [0.4, 0.5) is 24.7 Å². The van der Waals surface area contributed by atoms with E-state index in [1.54, 1.807) is 36.3 Å². The Kier molecular flexibility index (Phi) is 6.04. The third-order valence-electron chi connectivity index (χ3n) is 5.03. The van der Waals surface area contributed by atoms with Gasteiger partial charge in [-0.2, -0.15) is 23.4 Å². The normalized spacial score (nSPS) is 12.4. The van der Waals surface area contributed by atoms with E-state index in [9.17, 15) is 18.3 Å². The number of rotatable bonds is 6. The molecule has 0 fully saturated rings. The molecule has 4 rings (SSSR count). The maximum absolute atomic E-state index is 12.7. The zero-order valence-electron chi connectivity index (χ0n) is 18.0. The van der Waals surface area contributed by atoms with Crippen molar-refractivity contribution < 1.29 is 23.0 Å². The first-order valence-corrected chi connectivity index (χ1v) is 9.94. The van der Waals surface area contributed by atoms with Crippen LogP contribution < -0.4 is 10.1 Å². The summed E-state index contributed by atoms with van der Waals surface area (Å²) in [6.07, 6.45) is -3.31. The van der Waals surface area contributed by atoms with Gasteiger partial charge in [0.15, 0.2) is 11.8 Å². The first kappa shape index (κ1) is 22.9. The molecule has 0 bridgehead atoms. The molecule has 0 aliphatic rings.